The summed E-state index contributed by atoms with van der Waals surface area (Å²) in [6.07, 6.45) is 0. The zero-order chi connectivity index (χ0) is 13.0. The summed E-state index contributed by atoms with van der Waals surface area (Å²) in [5.74, 6) is 0.551. The molecule has 0 fully saturated rings. The van der Waals surface area contributed by atoms with Crippen LogP contribution in [0.5, 0.6) is 0 Å². The van der Waals surface area contributed by atoms with Crippen molar-refractivity contribution in [1.29, 1.82) is 0 Å². The summed E-state index contributed by atoms with van der Waals surface area (Å²) in [4.78, 5) is 1.98. The molecule has 1 heterocycles. The van der Waals surface area contributed by atoms with E-state index >= 15 is 0 Å². The molecule has 1 N–H and O–H groups in total. The third-order valence-corrected chi connectivity index (χ3v) is 2.63. The Bertz CT molecular complexity index is 495. The fraction of sp³-hybridized carbons (Fsp3) is 0.308. The molecule has 0 atom stereocenters. The molecule has 0 radical (unpaired) electrons. The molecule has 0 saturated carbocycles. The minimum atomic E-state index is -0.233. The lowest BCUT2D eigenvalue weighted by atomic mass is 10.2. The number of nitrogens with one attached hydrogen (secondary N) is 1. The van der Waals surface area contributed by atoms with Crippen LogP contribution < -0.4 is 10.2 Å². The summed E-state index contributed by atoms with van der Waals surface area (Å²) < 4.78 is 18.0. The van der Waals surface area contributed by atoms with Crippen molar-refractivity contribution >= 4 is 5.69 Å². The van der Waals surface area contributed by atoms with E-state index in [-0.39, 0.29) is 5.82 Å². The van der Waals surface area contributed by atoms with Gasteiger partial charge in [-0.05, 0) is 31.3 Å². The summed E-state index contributed by atoms with van der Waals surface area (Å²) in [7, 11) is 3.78. The Morgan fingerprint density at radius 1 is 1.33 bits per heavy atom. The first kappa shape index (κ1) is 12.6. The summed E-state index contributed by atoms with van der Waals surface area (Å²) >= 11 is 0. The molecule has 0 aliphatic heterocycles. The van der Waals surface area contributed by atoms with Crippen LogP contribution in [0.1, 0.15) is 11.5 Å². The van der Waals surface area contributed by atoms with E-state index in [1.165, 1.54) is 12.1 Å². The van der Waals surface area contributed by atoms with Crippen molar-refractivity contribution in [3.05, 3.63) is 47.6 Å². The number of halogens is 1. The maximum Gasteiger partial charge on any atom is 0.156 e. The number of hydrogen-bond acceptors (Lipinski definition) is 4. The van der Waals surface area contributed by atoms with Crippen LogP contribution >= 0.6 is 0 Å². The van der Waals surface area contributed by atoms with Gasteiger partial charge in [0, 0.05) is 25.3 Å². The average Bonchev–Trinajstić information content (AvgIpc) is 2.78. The van der Waals surface area contributed by atoms with Crippen molar-refractivity contribution < 1.29 is 8.91 Å². The smallest absolute Gasteiger partial charge is 0.156 e. The van der Waals surface area contributed by atoms with Gasteiger partial charge in [-0.3, -0.25) is 0 Å². The number of aromatic nitrogens is 1. The molecule has 2 aromatic rings. The van der Waals surface area contributed by atoms with Gasteiger partial charge < -0.3 is 14.7 Å². The minimum Gasteiger partial charge on any atom is -0.367 e. The van der Waals surface area contributed by atoms with Crippen LogP contribution in [0.25, 0.3) is 0 Å². The van der Waals surface area contributed by atoms with E-state index in [1.807, 2.05) is 25.1 Å². The van der Waals surface area contributed by atoms with Gasteiger partial charge in [-0.2, -0.15) is 0 Å². The molecule has 4 nitrogen and oxygen atoms in total. The Balaban J connectivity index is 2.01. The molecule has 0 spiro atoms. The lowest BCUT2D eigenvalue weighted by molar-refractivity contribution is 0.375. The van der Waals surface area contributed by atoms with Crippen molar-refractivity contribution in [1.82, 2.24) is 10.5 Å². The fourth-order valence-corrected chi connectivity index (χ4v) is 1.72. The Labute approximate surface area is 105 Å². The van der Waals surface area contributed by atoms with Gasteiger partial charge in [0.05, 0.1) is 12.2 Å². The highest BCUT2D eigenvalue weighted by atomic mass is 19.1. The van der Waals surface area contributed by atoms with E-state index in [1.54, 1.807) is 12.1 Å². The van der Waals surface area contributed by atoms with Gasteiger partial charge in [0.25, 0.3) is 0 Å². The number of rotatable bonds is 5. The average molecular weight is 249 g/mol. The van der Waals surface area contributed by atoms with Crippen molar-refractivity contribution in [2.75, 3.05) is 19.0 Å². The first-order valence-electron chi connectivity index (χ1n) is 5.75. The third kappa shape index (κ3) is 3.07. The monoisotopic (exact) mass is 249 g/mol. The number of anilines is 1. The summed E-state index contributed by atoms with van der Waals surface area (Å²) in [5.41, 5.74) is 1.81. The van der Waals surface area contributed by atoms with Crippen LogP contribution in [-0.2, 0) is 13.1 Å². The zero-order valence-electron chi connectivity index (χ0n) is 10.5. The van der Waals surface area contributed by atoms with Gasteiger partial charge in [-0.15, -0.1) is 0 Å². The molecule has 18 heavy (non-hydrogen) atoms. The van der Waals surface area contributed by atoms with Gasteiger partial charge in [-0.25, -0.2) is 4.39 Å². The highest BCUT2D eigenvalue weighted by Crippen LogP contribution is 2.16. The molecule has 1 aromatic carbocycles. The van der Waals surface area contributed by atoms with Gasteiger partial charge >= 0.3 is 0 Å². The van der Waals surface area contributed by atoms with E-state index in [9.17, 15) is 4.39 Å². The topological polar surface area (TPSA) is 41.3 Å². The van der Waals surface area contributed by atoms with E-state index in [0.29, 0.717) is 13.1 Å². The predicted molar refractivity (Wildman–Crippen MR) is 67.8 cm³/mol. The van der Waals surface area contributed by atoms with Gasteiger partial charge in [0.2, 0.25) is 0 Å². The zero-order valence-corrected chi connectivity index (χ0v) is 10.5. The van der Waals surface area contributed by atoms with E-state index < -0.39 is 0 Å². The maximum absolute atomic E-state index is 12.8. The molecule has 2 rings (SSSR count). The van der Waals surface area contributed by atoms with E-state index in [4.69, 9.17) is 4.52 Å². The van der Waals surface area contributed by atoms with Crippen LogP contribution in [0.4, 0.5) is 10.1 Å². The van der Waals surface area contributed by atoms with Crippen LogP contribution in [0.2, 0.25) is 0 Å². The van der Waals surface area contributed by atoms with Crippen LogP contribution in [0.3, 0.4) is 0 Å². The molecule has 1 aromatic heterocycles. The second-order valence-electron chi connectivity index (χ2n) is 4.15. The molecule has 96 valence electrons. The minimum absolute atomic E-state index is 0.233. The number of benzene rings is 1. The Kier molecular flexibility index (Phi) is 3.94. The number of hydrogen-bond donors (Lipinski definition) is 1. The Morgan fingerprint density at radius 3 is 2.72 bits per heavy atom. The first-order chi connectivity index (χ1) is 8.69. The maximum atomic E-state index is 12.8. The van der Waals surface area contributed by atoms with Gasteiger partial charge in [0.15, 0.2) is 5.76 Å². The summed E-state index contributed by atoms with van der Waals surface area (Å²) in [5, 5.41) is 6.95. The van der Waals surface area contributed by atoms with Crippen molar-refractivity contribution in [2.24, 2.45) is 0 Å². The molecule has 0 aliphatic rings. The largest absolute Gasteiger partial charge is 0.367 e. The standard InChI is InChI=1S/C13H16FN3O/c1-15-8-11-7-13(18-16-11)9-17(2)12-5-3-10(14)4-6-12/h3-7,15H,8-9H2,1-2H3. The van der Waals surface area contributed by atoms with E-state index in [0.717, 1.165) is 17.1 Å². The number of nitrogens with zero attached hydrogens (tertiary/aromatic N) is 2. The highest BCUT2D eigenvalue weighted by Gasteiger charge is 2.07. The molecule has 0 aliphatic carbocycles. The fourth-order valence-electron chi connectivity index (χ4n) is 1.72. The lowest BCUT2D eigenvalue weighted by Gasteiger charge is -2.17. The second-order valence-corrected chi connectivity index (χ2v) is 4.15. The van der Waals surface area contributed by atoms with Crippen LogP contribution in [0.15, 0.2) is 34.9 Å². The normalized spacial score (nSPS) is 10.6. The second kappa shape index (κ2) is 5.64. The SMILES string of the molecule is CNCc1cc(CN(C)c2ccc(F)cc2)on1. The van der Waals surface area contributed by atoms with Crippen LogP contribution in [0, 0.1) is 5.82 Å². The predicted octanol–water partition coefficient (Wildman–Crippen LogP) is 2.17. The van der Waals surface area contributed by atoms with Crippen LogP contribution in [-0.4, -0.2) is 19.3 Å². The molecular weight excluding hydrogens is 233 g/mol. The molecule has 0 unspecified atom stereocenters. The van der Waals surface area contributed by atoms with Crippen molar-refractivity contribution in [2.45, 2.75) is 13.1 Å². The van der Waals surface area contributed by atoms with Crippen molar-refractivity contribution in [3.63, 3.8) is 0 Å². The molecule has 0 bridgehead atoms. The molecule has 5 heteroatoms. The quantitative estimate of drug-likeness (QED) is 0.881. The van der Waals surface area contributed by atoms with E-state index in [2.05, 4.69) is 10.5 Å². The summed E-state index contributed by atoms with van der Waals surface area (Å²) in [6, 6.07) is 8.27. The van der Waals surface area contributed by atoms with Gasteiger partial charge in [-0.1, -0.05) is 5.16 Å². The third-order valence-electron chi connectivity index (χ3n) is 2.63. The highest BCUT2D eigenvalue weighted by molar-refractivity contribution is 5.45. The molecule has 0 amide bonds. The lowest BCUT2D eigenvalue weighted by Crippen LogP contribution is -2.15. The molecule has 0 saturated heterocycles. The van der Waals surface area contributed by atoms with Gasteiger partial charge in [0.1, 0.15) is 5.82 Å². The molecular formula is C13H16FN3O. The first-order valence-corrected chi connectivity index (χ1v) is 5.75. The Hall–Kier alpha value is -1.88. The Morgan fingerprint density at radius 2 is 2.06 bits per heavy atom. The van der Waals surface area contributed by atoms with Crippen molar-refractivity contribution in [3.8, 4) is 0 Å². The summed E-state index contributed by atoms with van der Waals surface area (Å²) in [6.45, 7) is 1.28.